The number of hydrogen-bond acceptors (Lipinski definition) is 6. The predicted octanol–water partition coefficient (Wildman–Crippen LogP) is 0.678. The second-order valence-corrected chi connectivity index (χ2v) is 3.77. The van der Waals surface area contributed by atoms with Crippen LogP contribution in [0.3, 0.4) is 0 Å². The minimum Gasteiger partial charge on any atom is -0.385 e. The first-order valence-corrected chi connectivity index (χ1v) is 5.49. The summed E-state index contributed by atoms with van der Waals surface area (Å²) in [5.74, 6) is 1.86. The summed E-state index contributed by atoms with van der Waals surface area (Å²) in [5, 5.41) is 0. The molecule has 0 aliphatic heterocycles. The maximum absolute atomic E-state index is 5.72. The Bertz CT molecular complexity index is 346. The average Bonchev–Trinajstić information content (AvgIpc) is 2.29. The van der Waals surface area contributed by atoms with E-state index in [0.29, 0.717) is 18.2 Å². The zero-order valence-corrected chi connectivity index (χ0v) is 10.6. The third-order valence-electron chi connectivity index (χ3n) is 2.29. The van der Waals surface area contributed by atoms with Crippen molar-refractivity contribution in [3.63, 3.8) is 0 Å². The smallest absolute Gasteiger partial charge is 0.158 e. The van der Waals surface area contributed by atoms with Gasteiger partial charge < -0.3 is 20.1 Å². The fourth-order valence-electron chi connectivity index (χ4n) is 1.45. The highest BCUT2D eigenvalue weighted by molar-refractivity contribution is 5.46. The summed E-state index contributed by atoms with van der Waals surface area (Å²) >= 11 is 0. The fourth-order valence-corrected chi connectivity index (χ4v) is 1.45. The molecule has 1 aromatic heterocycles. The average molecular weight is 240 g/mol. The first-order valence-electron chi connectivity index (χ1n) is 5.49. The number of aromatic nitrogens is 2. The third-order valence-corrected chi connectivity index (χ3v) is 2.29. The van der Waals surface area contributed by atoms with E-state index >= 15 is 0 Å². The van der Waals surface area contributed by atoms with Crippen molar-refractivity contribution >= 4 is 11.6 Å². The summed E-state index contributed by atoms with van der Waals surface area (Å²) in [6.07, 6.45) is 0.941. The number of anilines is 2. The van der Waals surface area contributed by atoms with Crippen molar-refractivity contribution in [1.29, 1.82) is 0 Å². The lowest BCUT2D eigenvalue weighted by Gasteiger charge is -2.18. The molecule has 0 aliphatic rings. The van der Waals surface area contributed by atoms with Gasteiger partial charge in [-0.2, -0.15) is 0 Å². The van der Waals surface area contributed by atoms with E-state index in [1.165, 1.54) is 0 Å². The number of ether oxygens (including phenoxy) is 2. The Morgan fingerprint density at radius 3 is 2.71 bits per heavy atom. The van der Waals surface area contributed by atoms with Gasteiger partial charge in [-0.25, -0.2) is 9.97 Å². The van der Waals surface area contributed by atoms with Crippen molar-refractivity contribution in [2.75, 3.05) is 45.1 Å². The summed E-state index contributed by atoms with van der Waals surface area (Å²) in [6, 6.07) is 1.76. The van der Waals surface area contributed by atoms with Gasteiger partial charge in [0, 0.05) is 40.5 Å². The standard InChI is InChI=1S/C11H20N4O2/c1-15(5-4-6-16-2)11-7-9(12)13-10(14-11)8-17-3/h7H,4-6,8H2,1-3H3,(H2,12,13,14). The van der Waals surface area contributed by atoms with E-state index in [1.54, 1.807) is 20.3 Å². The van der Waals surface area contributed by atoms with E-state index < -0.39 is 0 Å². The van der Waals surface area contributed by atoms with Crippen LogP contribution >= 0.6 is 0 Å². The van der Waals surface area contributed by atoms with Crippen LogP contribution in [0.2, 0.25) is 0 Å². The van der Waals surface area contributed by atoms with E-state index in [9.17, 15) is 0 Å². The van der Waals surface area contributed by atoms with Crippen LogP contribution in [0.15, 0.2) is 6.07 Å². The number of nitrogen functional groups attached to an aromatic ring is 1. The molecule has 2 N–H and O–H groups in total. The van der Waals surface area contributed by atoms with E-state index in [4.69, 9.17) is 15.2 Å². The van der Waals surface area contributed by atoms with E-state index in [2.05, 4.69) is 9.97 Å². The van der Waals surface area contributed by atoms with Crippen molar-refractivity contribution in [3.8, 4) is 0 Å². The van der Waals surface area contributed by atoms with Gasteiger partial charge >= 0.3 is 0 Å². The van der Waals surface area contributed by atoms with Gasteiger partial charge in [-0.3, -0.25) is 0 Å². The van der Waals surface area contributed by atoms with Crippen LogP contribution in [0.5, 0.6) is 0 Å². The highest BCUT2D eigenvalue weighted by atomic mass is 16.5. The Balaban J connectivity index is 2.67. The third kappa shape index (κ3) is 4.54. The number of nitrogens with two attached hydrogens (primary N) is 1. The minimum absolute atomic E-state index is 0.365. The molecule has 0 radical (unpaired) electrons. The summed E-state index contributed by atoms with van der Waals surface area (Å²) in [6.45, 7) is 1.95. The lowest BCUT2D eigenvalue weighted by Crippen LogP contribution is -2.22. The summed E-state index contributed by atoms with van der Waals surface area (Å²) in [5.41, 5.74) is 5.72. The normalized spacial score (nSPS) is 10.5. The zero-order valence-electron chi connectivity index (χ0n) is 10.6. The molecule has 0 atom stereocenters. The second-order valence-electron chi connectivity index (χ2n) is 3.77. The molecule has 6 nitrogen and oxygen atoms in total. The topological polar surface area (TPSA) is 73.5 Å². The van der Waals surface area contributed by atoms with Gasteiger partial charge in [-0.1, -0.05) is 0 Å². The lowest BCUT2D eigenvalue weighted by molar-refractivity contribution is 0.178. The van der Waals surface area contributed by atoms with Gasteiger partial charge in [0.1, 0.15) is 18.2 Å². The molecule has 17 heavy (non-hydrogen) atoms. The van der Waals surface area contributed by atoms with Crippen LogP contribution in [0, 0.1) is 0 Å². The van der Waals surface area contributed by atoms with Gasteiger partial charge in [0.05, 0.1) is 0 Å². The Morgan fingerprint density at radius 1 is 1.29 bits per heavy atom. The van der Waals surface area contributed by atoms with Crippen molar-refractivity contribution in [3.05, 3.63) is 11.9 Å². The SMILES string of the molecule is COCCCN(C)c1cc(N)nc(COC)n1. The summed E-state index contributed by atoms with van der Waals surface area (Å²) < 4.78 is 10.0. The quantitative estimate of drug-likeness (QED) is 0.706. The molecule has 0 saturated heterocycles. The number of rotatable bonds is 7. The van der Waals surface area contributed by atoms with Gasteiger partial charge in [0.15, 0.2) is 5.82 Å². The van der Waals surface area contributed by atoms with Crippen molar-refractivity contribution in [1.82, 2.24) is 9.97 Å². The fraction of sp³-hybridized carbons (Fsp3) is 0.636. The zero-order chi connectivity index (χ0) is 12.7. The molecule has 6 heteroatoms. The Labute approximate surface area is 102 Å². The molecule has 1 rings (SSSR count). The molecular formula is C11H20N4O2. The first-order chi connectivity index (χ1) is 8.17. The molecule has 0 aromatic carbocycles. The molecule has 1 aromatic rings. The molecule has 0 spiro atoms. The maximum atomic E-state index is 5.72. The Morgan fingerprint density at radius 2 is 2.06 bits per heavy atom. The highest BCUT2D eigenvalue weighted by Crippen LogP contribution is 2.13. The van der Waals surface area contributed by atoms with Crippen LogP contribution in [0.25, 0.3) is 0 Å². The van der Waals surface area contributed by atoms with Crippen LogP contribution in [0.1, 0.15) is 12.2 Å². The minimum atomic E-state index is 0.365. The van der Waals surface area contributed by atoms with Crippen LogP contribution in [-0.4, -0.2) is 44.4 Å². The first kappa shape index (κ1) is 13.7. The largest absolute Gasteiger partial charge is 0.385 e. The van der Waals surface area contributed by atoms with Crippen LogP contribution in [0.4, 0.5) is 11.6 Å². The summed E-state index contributed by atoms with van der Waals surface area (Å²) in [4.78, 5) is 10.5. The monoisotopic (exact) mass is 240 g/mol. The van der Waals surface area contributed by atoms with Crippen molar-refractivity contribution < 1.29 is 9.47 Å². The van der Waals surface area contributed by atoms with Gasteiger partial charge in [-0.15, -0.1) is 0 Å². The van der Waals surface area contributed by atoms with Crippen molar-refractivity contribution in [2.45, 2.75) is 13.0 Å². The number of nitrogens with zero attached hydrogens (tertiary/aromatic N) is 3. The van der Waals surface area contributed by atoms with Gasteiger partial charge in [-0.05, 0) is 6.42 Å². The predicted molar refractivity (Wildman–Crippen MR) is 66.9 cm³/mol. The Kier molecular flexibility index (Phi) is 5.65. The molecule has 1 heterocycles. The van der Waals surface area contributed by atoms with E-state index in [-0.39, 0.29) is 0 Å². The lowest BCUT2D eigenvalue weighted by atomic mass is 10.4. The highest BCUT2D eigenvalue weighted by Gasteiger charge is 2.06. The number of hydrogen-bond donors (Lipinski definition) is 1. The van der Waals surface area contributed by atoms with Gasteiger partial charge in [0.2, 0.25) is 0 Å². The second kappa shape index (κ2) is 7.03. The molecule has 0 unspecified atom stereocenters. The molecule has 96 valence electrons. The van der Waals surface area contributed by atoms with Gasteiger partial charge in [0.25, 0.3) is 0 Å². The number of methoxy groups -OCH3 is 2. The van der Waals surface area contributed by atoms with E-state index in [0.717, 1.165) is 25.4 Å². The maximum Gasteiger partial charge on any atom is 0.158 e. The van der Waals surface area contributed by atoms with Crippen LogP contribution < -0.4 is 10.6 Å². The summed E-state index contributed by atoms with van der Waals surface area (Å²) in [7, 11) is 5.27. The Hall–Kier alpha value is -1.40. The molecule has 0 fully saturated rings. The molecule has 0 amide bonds. The molecule has 0 aliphatic carbocycles. The van der Waals surface area contributed by atoms with Crippen LogP contribution in [-0.2, 0) is 16.1 Å². The molecule has 0 saturated carbocycles. The molecular weight excluding hydrogens is 220 g/mol. The molecule has 0 bridgehead atoms. The van der Waals surface area contributed by atoms with E-state index in [1.807, 2.05) is 11.9 Å². The van der Waals surface area contributed by atoms with Crippen molar-refractivity contribution in [2.24, 2.45) is 0 Å².